The lowest BCUT2D eigenvalue weighted by molar-refractivity contribution is 0.0791. The highest BCUT2D eigenvalue weighted by Gasteiger charge is 2.32. The number of pyridine rings is 1. The van der Waals surface area contributed by atoms with Crippen molar-refractivity contribution in [2.24, 2.45) is 11.7 Å². The molecule has 9 nitrogen and oxygen atoms in total. The molecule has 5 rings (SSSR count). The molecule has 0 aromatic carbocycles. The third kappa shape index (κ3) is 4.35. The Kier molecular flexibility index (Phi) is 7.12. The van der Waals surface area contributed by atoms with Crippen molar-refractivity contribution in [2.45, 2.75) is 45.6 Å². The Labute approximate surface area is 199 Å². The first-order valence-corrected chi connectivity index (χ1v) is 11.8. The van der Waals surface area contributed by atoms with E-state index in [4.69, 9.17) is 15.5 Å². The lowest BCUT2D eigenvalue weighted by Gasteiger charge is -2.36. The SMILES string of the molecule is CCCC.CNc1cc(-c2cn(C3CC(COC)C3)c3ncccc23)nc2c(C(N)=O)cnn12. The Morgan fingerprint density at radius 3 is 2.68 bits per heavy atom. The number of fused-ring (bicyclic) bond motifs is 2. The van der Waals surface area contributed by atoms with Crippen molar-refractivity contribution in [3.05, 3.63) is 42.4 Å². The lowest BCUT2D eigenvalue weighted by Crippen LogP contribution is -2.29. The fraction of sp³-hybridized carbons (Fsp3) is 0.440. The summed E-state index contributed by atoms with van der Waals surface area (Å²) in [4.78, 5) is 21.2. The van der Waals surface area contributed by atoms with E-state index < -0.39 is 5.91 Å². The number of hydrogen-bond acceptors (Lipinski definition) is 6. The van der Waals surface area contributed by atoms with Crippen LogP contribution >= 0.6 is 0 Å². The van der Waals surface area contributed by atoms with E-state index in [1.807, 2.05) is 18.3 Å². The minimum absolute atomic E-state index is 0.289. The number of amides is 1. The highest BCUT2D eigenvalue weighted by Crippen LogP contribution is 2.42. The van der Waals surface area contributed by atoms with E-state index in [9.17, 15) is 4.79 Å². The molecule has 1 aliphatic rings. The molecular formula is C25H33N7O2. The number of unbranched alkanes of at least 4 members (excludes halogenated alkanes) is 1. The smallest absolute Gasteiger partial charge is 0.254 e. The molecule has 0 aliphatic heterocycles. The molecule has 34 heavy (non-hydrogen) atoms. The maximum Gasteiger partial charge on any atom is 0.254 e. The fourth-order valence-corrected chi connectivity index (χ4v) is 4.32. The van der Waals surface area contributed by atoms with Crippen LogP contribution in [0.2, 0.25) is 0 Å². The van der Waals surface area contributed by atoms with Crippen LogP contribution in [-0.4, -0.2) is 50.8 Å². The van der Waals surface area contributed by atoms with Crippen molar-refractivity contribution < 1.29 is 9.53 Å². The number of nitrogens with two attached hydrogens (primary N) is 1. The molecule has 1 saturated carbocycles. The highest BCUT2D eigenvalue weighted by atomic mass is 16.5. The summed E-state index contributed by atoms with van der Waals surface area (Å²) in [6.07, 6.45) is 10.1. The van der Waals surface area contributed by atoms with Crippen LogP contribution in [0.3, 0.4) is 0 Å². The van der Waals surface area contributed by atoms with E-state index in [-0.39, 0.29) is 5.56 Å². The molecule has 180 valence electrons. The van der Waals surface area contributed by atoms with Crippen LogP contribution in [0.4, 0.5) is 5.82 Å². The first kappa shape index (κ1) is 23.7. The third-order valence-corrected chi connectivity index (χ3v) is 6.37. The number of aromatic nitrogens is 5. The van der Waals surface area contributed by atoms with Gasteiger partial charge in [-0.2, -0.15) is 9.61 Å². The van der Waals surface area contributed by atoms with Gasteiger partial charge in [0, 0.05) is 56.2 Å². The largest absolute Gasteiger partial charge is 0.384 e. The molecule has 0 atom stereocenters. The molecule has 1 aliphatic carbocycles. The first-order chi connectivity index (χ1) is 16.5. The zero-order valence-corrected chi connectivity index (χ0v) is 20.3. The van der Waals surface area contributed by atoms with Crippen LogP contribution in [0.25, 0.3) is 27.9 Å². The summed E-state index contributed by atoms with van der Waals surface area (Å²) in [6.45, 7) is 5.15. The first-order valence-electron chi connectivity index (χ1n) is 11.8. The van der Waals surface area contributed by atoms with Gasteiger partial charge >= 0.3 is 0 Å². The van der Waals surface area contributed by atoms with Crippen molar-refractivity contribution in [1.82, 2.24) is 24.1 Å². The zero-order chi connectivity index (χ0) is 24.2. The van der Waals surface area contributed by atoms with Gasteiger partial charge in [-0.05, 0) is 30.9 Å². The van der Waals surface area contributed by atoms with Gasteiger partial charge < -0.3 is 20.4 Å². The lowest BCUT2D eigenvalue weighted by atomic mass is 9.80. The van der Waals surface area contributed by atoms with Crippen molar-refractivity contribution >= 4 is 28.4 Å². The molecule has 0 spiro atoms. The highest BCUT2D eigenvalue weighted by molar-refractivity contribution is 6.00. The molecule has 9 heteroatoms. The number of carbonyl (C=O) groups is 1. The topological polar surface area (TPSA) is 112 Å². The average molecular weight is 464 g/mol. The summed E-state index contributed by atoms with van der Waals surface area (Å²) in [5, 5.41) is 8.40. The van der Waals surface area contributed by atoms with E-state index in [1.54, 1.807) is 18.7 Å². The molecule has 4 heterocycles. The number of nitrogens with one attached hydrogen (secondary N) is 1. The van der Waals surface area contributed by atoms with E-state index in [2.05, 4.69) is 46.1 Å². The molecule has 4 aromatic heterocycles. The van der Waals surface area contributed by atoms with E-state index >= 15 is 0 Å². The molecule has 4 aromatic rings. The van der Waals surface area contributed by atoms with Crippen molar-refractivity contribution in [2.75, 3.05) is 26.1 Å². The van der Waals surface area contributed by atoms with Gasteiger partial charge in [-0.25, -0.2) is 9.97 Å². The summed E-state index contributed by atoms with van der Waals surface area (Å²) in [5.41, 5.74) is 8.87. The van der Waals surface area contributed by atoms with Crippen LogP contribution in [-0.2, 0) is 4.74 Å². The summed E-state index contributed by atoms with van der Waals surface area (Å²) in [5.74, 6) is 0.746. The van der Waals surface area contributed by atoms with E-state index in [0.29, 0.717) is 17.6 Å². The molecule has 1 fully saturated rings. The minimum Gasteiger partial charge on any atom is -0.384 e. The van der Waals surface area contributed by atoms with Gasteiger partial charge in [0.2, 0.25) is 0 Å². The number of rotatable bonds is 7. The van der Waals surface area contributed by atoms with Crippen molar-refractivity contribution in [3.8, 4) is 11.3 Å². The molecular weight excluding hydrogens is 430 g/mol. The predicted octanol–water partition coefficient (Wildman–Crippen LogP) is 4.29. The summed E-state index contributed by atoms with van der Waals surface area (Å²) < 4.78 is 9.12. The molecule has 3 N–H and O–H groups in total. The normalized spacial score (nSPS) is 17.3. The number of nitrogens with zero attached hydrogens (tertiary/aromatic N) is 5. The maximum absolute atomic E-state index is 11.8. The maximum atomic E-state index is 11.8. The quantitative estimate of drug-likeness (QED) is 0.423. The van der Waals surface area contributed by atoms with Gasteiger partial charge in [0.1, 0.15) is 17.0 Å². The summed E-state index contributed by atoms with van der Waals surface area (Å²) >= 11 is 0. The number of carbonyl (C=O) groups excluding carboxylic acids is 1. The number of methoxy groups -OCH3 is 1. The average Bonchev–Trinajstić information content (AvgIpc) is 3.43. The molecule has 0 radical (unpaired) electrons. The summed E-state index contributed by atoms with van der Waals surface area (Å²) in [7, 11) is 3.55. The fourth-order valence-electron chi connectivity index (χ4n) is 4.32. The molecule has 1 amide bonds. The molecule has 0 unspecified atom stereocenters. The Morgan fingerprint density at radius 1 is 1.26 bits per heavy atom. The van der Waals surface area contributed by atoms with Gasteiger partial charge in [0.15, 0.2) is 5.65 Å². The van der Waals surface area contributed by atoms with Gasteiger partial charge in [-0.15, -0.1) is 0 Å². The van der Waals surface area contributed by atoms with Gasteiger partial charge in [-0.3, -0.25) is 4.79 Å². The second-order valence-electron chi connectivity index (χ2n) is 8.71. The van der Waals surface area contributed by atoms with Crippen LogP contribution < -0.4 is 11.1 Å². The Balaban J connectivity index is 0.000000636. The number of anilines is 1. The standard InChI is InChI=1S/C21H23N7O2.C4H10/c1-23-18-8-17(26-21-15(19(22)29)9-25-28(18)21)16-10-27(13-6-12(7-13)11-30-2)20-14(16)4-3-5-24-20;1-3-4-2/h3-5,8-10,12-13,23H,6-7,11H2,1-2H3,(H2,22,29);3-4H2,1-2H3. The Morgan fingerprint density at radius 2 is 2.03 bits per heavy atom. The van der Waals surface area contributed by atoms with E-state index in [0.717, 1.165) is 47.6 Å². The van der Waals surface area contributed by atoms with Crippen LogP contribution in [0.1, 0.15) is 55.9 Å². The third-order valence-electron chi connectivity index (χ3n) is 6.37. The van der Waals surface area contributed by atoms with Crippen LogP contribution in [0.15, 0.2) is 36.8 Å². The Bertz CT molecular complexity index is 1290. The van der Waals surface area contributed by atoms with Gasteiger partial charge in [0.05, 0.1) is 11.9 Å². The minimum atomic E-state index is -0.556. The van der Waals surface area contributed by atoms with Crippen LogP contribution in [0, 0.1) is 5.92 Å². The monoisotopic (exact) mass is 463 g/mol. The second-order valence-corrected chi connectivity index (χ2v) is 8.71. The molecule has 0 bridgehead atoms. The zero-order valence-electron chi connectivity index (χ0n) is 20.3. The summed E-state index contributed by atoms with van der Waals surface area (Å²) in [6, 6.07) is 6.29. The predicted molar refractivity (Wildman–Crippen MR) is 134 cm³/mol. The van der Waals surface area contributed by atoms with E-state index in [1.165, 1.54) is 19.0 Å². The van der Waals surface area contributed by atoms with Gasteiger partial charge in [0.25, 0.3) is 5.91 Å². The van der Waals surface area contributed by atoms with Gasteiger partial charge in [-0.1, -0.05) is 26.7 Å². The van der Waals surface area contributed by atoms with Crippen molar-refractivity contribution in [3.63, 3.8) is 0 Å². The number of primary amides is 1. The Hall–Kier alpha value is -3.46. The number of hydrogen-bond donors (Lipinski definition) is 2. The molecule has 0 saturated heterocycles. The number of ether oxygens (including phenoxy) is 1. The van der Waals surface area contributed by atoms with Crippen molar-refractivity contribution in [1.29, 1.82) is 0 Å². The van der Waals surface area contributed by atoms with Crippen LogP contribution in [0.5, 0.6) is 0 Å². The second kappa shape index (κ2) is 10.2.